The molecule has 0 aliphatic carbocycles. The maximum atomic E-state index is 13.4. The molecule has 6 nitrogen and oxygen atoms in total. The van der Waals surface area contributed by atoms with Gasteiger partial charge in [0, 0.05) is 30.8 Å². The van der Waals surface area contributed by atoms with Crippen LogP contribution in [0.5, 0.6) is 0 Å². The summed E-state index contributed by atoms with van der Waals surface area (Å²) in [5.74, 6) is -0.929. The van der Waals surface area contributed by atoms with Crippen LogP contribution in [-0.2, 0) is 15.8 Å². The number of piperidine rings is 1. The van der Waals surface area contributed by atoms with E-state index in [4.69, 9.17) is 0 Å². The third-order valence-corrected chi connectivity index (χ3v) is 6.21. The fourth-order valence-electron chi connectivity index (χ4n) is 4.30. The van der Waals surface area contributed by atoms with Gasteiger partial charge in [0.1, 0.15) is 0 Å². The Morgan fingerprint density at radius 3 is 2.33 bits per heavy atom. The first-order valence-corrected chi connectivity index (χ1v) is 11.7. The van der Waals surface area contributed by atoms with Crippen molar-refractivity contribution in [3.63, 3.8) is 0 Å². The number of carbonyl (C=O) groups is 2. The zero-order valence-corrected chi connectivity index (χ0v) is 20.0. The second-order valence-electron chi connectivity index (χ2n) is 8.90. The van der Waals surface area contributed by atoms with Gasteiger partial charge in [0.15, 0.2) is 0 Å². The van der Waals surface area contributed by atoms with E-state index in [1.165, 1.54) is 16.8 Å². The van der Waals surface area contributed by atoms with Gasteiger partial charge in [-0.05, 0) is 62.6 Å². The van der Waals surface area contributed by atoms with E-state index < -0.39 is 17.7 Å². The lowest BCUT2D eigenvalue weighted by Crippen LogP contribution is -2.40. The summed E-state index contributed by atoms with van der Waals surface area (Å²) in [6, 6.07) is 14.5. The van der Waals surface area contributed by atoms with Gasteiger partial charge in [0.2, 0.25) is 11.8 Å². The summed E-state index contributed by atoms with van der Waals surface area (Å²) < 4.78 is 41.7. The van der Waals surface area contributed by atoms with Crippen LogP contribution in [0.4, 0.5) is 18.9 Å². The normalized spacial score (nSPS) is 14.9. The van der Waals surface area contributed by atoms with E-state index in [-0.39, 0.29) is 17.5 Å². The molecule has 2 heterocycles. The summed E-state index contributed by atoms with van der Waals surface area (Å²) >= 11 is 0. The molecular weight excluding hydrogens is 469 g/mol. The first kappa shape index (κ1) is 25.2. The largest absolute Gasteiger partial charge is 0.416 e. The van der Waals surface area contributed by atoms with Gasteiger partial charge < -0.3 is 10.2 Å². The van der Waals surface area contributed by atoms with Crippen LogP contribution in [0.3, 0.4) is 0 Å². The summed E-state index contributed by atoms with van der Waals surface area (Å²) in [5.41, 5.74) is 1.92. The van der Waals surface area contributed by atoms with Crippen molar-refractivity contribution >= 4 is 23.6 Å². The van der Waals surface area contributed by atoms with Crippen LogP contribution < -0.4 is 5.32 Å². The van der Waals surface area contributed by atoms with Crippen molar-refractivity contribution in [3.8, 4) is 5.69 Å². The number of nitrogens with zero attached hydrogens (tertiary/aromatic N) is 3. The number of hydrogen-bond donors (Lipinski definition) is 1. The average molecular weight is 497 g/mol. The maximum absolute atomic E-state index is 13.4. The van der Waals surface area contributed by atoms with E-state index in [2.05, 4.69) is 10.4 Å². The highest BCUT2D eigenvalue weighted by Gasteiger charge is 2.32. The fourth-order valence-corrected chi connectivity index (χ4v) is 4.30. The molecule has 1 fully saturated rings. The number of aromatic nitrogens is 2. The van der Waals surface area contributed by atoms with Gasteiger partial charge in [0.05, 0.1) is 22.6 Å². The second kappa shape index (κ2) is 10.4. The zero-order valence-electron chi connectivity index (χ0n) is 20.0. The Kier molecular flexibility index (Phi) is 7.28. The SMILES string of the molecule is Cc1cc(C)n(-c2ccc(C(F)(F)F)cc2NC(=O)C2CCN(C(=O)/C=C\c3ccccc3)CC2)n1. The van der Waals surface area contributed by atoms with E-state index in [1.807, 2.05) is 36.4 Å². The molecule has 4 rings (SSSR count). The number of alkyl halides is 3. The highest BCUT2D eigenvalue weighted by atomic mass is 19.4. The summed E-state index contributed by atoms with van der Waals surface area (Å²) in [4.78, 5) is 27.3. The first-order valence-electron chi connectivity index (χ1n) is 11.7. The molecule has 36 heavy (non-hydrogen) atoms. The van der Waals surface area contributed by atoms with Crippen molar-refractivity contribution in [2.45, 2.75) is 32.9 Å². The molecule has 1 aliphatic heterocycles. The van der Waals surface area contributed by atoms with Crippen LogP contribution >= 0.6 is 0 Å². The van der Waals surface area contributed by atoms with Gasteiger partial charge in [-0.15, -0.1) is 0 Å². The van der Waals surface area contributed by atoms with E-state index in [0.717, 1.165) is 23.4 Å². The lowest BCUT2D eigenvalue weighted by Gasteiger charge is -2.30. The molecule has 188 valence electrons. The number of nitrogens with one attached hydrogen (secondary N) is 1. The van der Waals surface area contributed by atoms with Crippen LogP contribution in [0.1, 0.15) is 35.4 Å². The number of aryl methyl sites for hydroxylation is 2. The van der Waals surface area contributed by atoms with Crippen molar-refractivity contribution in [1.29, 1.82) is 0 Å². The number of anilines is 1. The van der Waals surface area contributed by atoms with Crippen molar-refractivity contribution in [2.24, 2.45) is 5.92 Å². The number of halogens is 3. The Balaban J connectivity index is 1.45. The Morgan fingerprint density at radius 1 is 1.03 bits per heavy atom. The van der Waals surface area contributed by atoms with Gasteiger partial charge in [-0.2, -0.15) is 18.3 Å². The predicted molar refractivity (Wildman–Crippen MR) is 131 cm³/mol. The second-order valence-corrected chi connectivity index (χ2v) is 8.90. The molecule has 1 N–H and O–H groups in total. The Labute approximate surface area is 207 Å². The van der Waals surface area contributed by atoms with Crippen molar-refractivity contribution < 1.29 is 22.8 Å². The van der Waals surface area contributed by atoms with Crippen LogP contribution in [0.2, 0.25) is 0 Å². The number of benzene rings is 2. The monoisotopic (exact) mass is 496 g/mol. The number of likely N-dealkylation sites (tertiary alicyclic amines) is 1. The number of carbonyl (C=O) groups excluding carboxylic acids is 2. The lowest BCUT2D eigenvalue weighted by atomic mass is 9.95. The molecule has 0 atom stereocenters. The minimum Gasteiger partial charge on any atom is -0.339 e. The Hall–Kier alpha value is -3.88. The maximum Gasteiger partial charge on any atom is 0.416 e. The molecule has 1 aromatic heterocycles. The van der Waals surface area contributed by atoms with Crippen LogP contribution in [0.15, 0.2) is 60.7 Å². The van der Waals surface area contributed by atoms with E-state index in [9.17, 15) is 22.8 Å². The minimum absolute atomic E-state index is 0.0466. The molecule has 0 saturated carbocycles. The zero-order chi connectivity index (χ0) is 25.9. The highest BCUT2D eigenvalue weighted by molar-refractivity contribution is 5.95. The predicted octanol–water partition coefficient (Wildman–Crippen LogP) is 5.40. The van der Waals surface area contributed by atoms with Crippen LogP contribution in [0.25, 0.3) is 11.8 Å². The van der Waals surface area contributed by atoms with Crippen molar-refractivity contribution in [2.75, 3.05) is 18.4 Å². The first-order chi connectivity index (χ1) is 17.1. The molecule has 0 unspecified atom stereocenters. The van der Waals surface area contributed by atoms with Gasteiger partial charge >= 0.3 is 6.18 Å². The summed E-state index contributed by atoms with van der Waals surface area (Å²) in [5, 5.41) is 7.06. The number of rotatable bonds is 5. The van der Waals surface area contributed by atoms with E-state index >= 15 is 0 Å². The summed E-state index contributed by atoms with van der Waals surface area (Å²) in [6.45, 7) is 4.37. The molecule has 0 bridgehead atoms. The molecule has 3 aromatic rings. The van der Waals surface area contributed by atoms with E-state index in [0.29, 0.717) is 37.3 Å². The summed E-state index contributed by atoms with van der Waals surface area (Å²) in [7, 11) is 0. The van der Waals surface area contributed by atoms with Gasteiger partial charge in [-0.3, -0.25) is 9.59 Å². The molecular formula is C27H27F3N4O2. The minimum atomic E-state index is -4.55. The molecule has 0 spiro atoms. The Bertz CT molecular complexity index is 1270. The standard InChI is InChI=1S/C27H27F3N4O2/c1-18-16-19(2)34(32-18)24-10-9-22(27(28,29)30)17-23(24)31-26(36)21-12-14-33(15-13-21)25(35)11-8-20-6-4-3-5-7-20/h3-11,16-17,21H,12-15H2,1-2H3,(H,31,36)/b11-8-. The topological polar surface area (TPSA) is 67.2 Å². The third kappa shape index (κ3) is 5.84. The highest BCUT2D eigenvalue weighted by Crippen LogP contribution is 2.34. The molecule has 2 amide bonds. The number of hydrogen-bond acceptors (Lipinski definition) is 3. The fraction of sp³-hybridized carbons (Fsp3) is 0.296. The molecule has 9 heteroatoms. The van der Waals surface area contributed by atoms with Gasteiger partial charge in [-0.1, -0.05) is 30.3 Å². The molecule has 1 saturated heterocycles. The smallest absolute Gasteiger partial charge is 0.339 e. The van der Waals surface area contributed by atoms with Crippen LogP contribution in [-0.4, -0.2) is 39.6 Å². The molecule has 2 aromatic carbocycles. The third-order valence-electron chi connectivity index (χ3n) is 6.21. The van der Waals surface area contributed by atoms with Crippen LogP contribution in [0, 0.1) is 19.8 Å². The number of amides is 2. The van der Waals surface area contributed by atoms with E-state index in [1.54, 1.807) is 24.8 Å². The molecule has 1 aliphatic rings. The van der Waals surface area contributed by atoms with Crippen molar-refractivity contribution in [1.82, 2.24) is 14.7 Å². The molecule has 0 radical (unpaired) electrons. The average Bonchev–Trinajstić information content (AvgIpc) is 3.20. The van der Waals surface area contributed by atoms with Gasteiger partial charge in [-0.25, -0.2) is 4.68 Å². The summed E-state index contributed by atoms with van der Waals surface area (Å²) in [6.07, 6.45) is -0.448. The van der Waals surface area contributed by atoms with Gasteiger partial charge in [0.25, 0.3) is 0 Å². The van der Waals surface area contributed by atoms with Crippen molar-refractivity contribution in [3.05, 3.63) is 83.2 Å². The quantitative estimate of drug-likeness (QED) is 0.481. The lowest BCUT2D eigenvalue weighted by molar-refractivity contribution is -0.137. The Morgan fingerprint density at radius 2 is 1.72 bits per heavy atom.